The highest BCUT2D eigenvalue weighted by Gasteiger charge is 2.15. The highest BCUT2D eigenvalue weighted by molar-refractivity contribution is 14.0. The van der Waals surface area contributed by atoms with E-state index in [0.717, 1.165) is 19.5 Å². The van der Waals surface area contributed by atoms with Gasteiger partial charge in [0.15, 0.2) is 5.96 Å². The van der Waals surface area contributed by atoms with Gasteiger partial charge in [0.2, 0.25) is 0 Å². The lowest BCUT2D eigenvalue weighted by Gasteiger charge is -2.10. The fraction of sp³-hybridized carbons (Fsp3) is 0.600. The zero-order chi connectivity index (χ0) is 16.4. The monoisotopic (exact) mass is 439 g/mol. The first-order chi connectivity index (χ1) is 10.6. The molecular formula is C15H26IN3O4. The maximum Gasteiger partial charge on any atom is 0.341 e. The number of nitrogens with zero attached hydrogens (tertiary/aromatic N) is 1. The number of hydrogen-bond donors (Lipinski definition) is 2. The largest absolute Gasteiger partial charge is 0.465 e. The molecule has 2 N–H and O–H groups in total. The minimum Gasteiger partial charge on any atom is -0.465 e. The van der Waals surface area contributed by atoms with Crippen molar-refractivity contribution in [1.29, 1.82) is 0 Å². The summed E-state index contributed by atoms with van der Waals surface area (Å²) < 4.78 is 15.2. The van der Waals surface area contributed by atoms with Gasteiger partial charge in [0.25, 0.3) is 0 Å². The van der Waals surface area contributed by atoms with Gasteiger partial charge >= 0.3 is 5.97 Å². The van der Waals surface area contributed by atoms with Gasteiger partial charge in [-0.15, -0.1) is 24.0 Å². The second-order valence-electron chi connectivity index (χ2n) is 4.64. The van der Waals surface area contributed by atoms with Crippen molar-refractivity contribution >= 4 is 35.9 Å². The molecule has 0 fully saturated rings. The molecular weight excluding hydrogens is 413 g/mol. The Morgan fingerprint density at radius 2 is 2.09 bits per heavy atom. The Labute approximate surface area is 154 Å². The summed E-state index contributed by atoms with van der Waals surface area (Å²) in [6.45, 7) is 6.31. The maximum absolute atomic E-state index is 11.5. The number of carbonyl (C=O) groups is 1. The molecule has 8 heteroatoms. The molecule has 0 spiro atoms. The molecule has 0 radical (unpaired) electrons. The zero-order valence-corrected chi connectivity index (χ0v) is 16.4. The van der Waals surface area contributed by atoms with Crippen LogP contribution in [-0.4, -0.2) is 45.8 Å². The lowest BCUT2D eigenvalue weighted by atomic mass is 10.2. The van der Waals surface area contributed by atoms with Crippen LogP contribution in [0.2, 0.25) is 0 Å². The molecule has 1 rings (SSSR count). The molecule has 0 saturated heterocycles. The lowest BCUT2D eigenvalue weighted by Crippen LogP contribution is -2.38. The summed E-state index contributed by atoms with van der Waals surface area (Å²) in [4.78, 5) is 16.0. The average molecular weight is 439 g/mol. The maximum atomic E-state index is 11.5. The molecule has 132 valence electrons. The predicted molar refractivity (Wildman–Crippen MR) is 99.5 cm³/mol. The van der Waals surface area contributed by atoms with Crippen molar-refractivity contribution in [3.63, 3.8) is 0 Å². The molecule has 1 aromatic rings. The van der Waals surface area contributed by atoms with Crippen LogP contribution in [-0.2, 0) is 16.0 Å². The summed E-state index contributed by atoms with van der Waals surface area (Å²) >= 11 is 0. The second-order valence-corrected chi connectivity index (χ2v) is 4.64. The molecule has 0 saturated carbocycles. The standard InChI is InChI=1S/C15H25N3O4.HI/c1-5-16-15(17-7-6-8-20-3)18-10-12-9-13(11(2)22-12)14(19)21-4;/h9H,5-8,10H2,1-4H3,(H2,16,17,18);1H. The number of nitrogens with one attached hydrogen (secondary N) is 2. The molecule has 7 nitrogen and oxygen atoms in total. The molecule has 0 unspecified atom stereocenters. The summed E-state index contributed by atoms with van der Waals surface area (Å²) in [5.74, 6) is 1.45. The quantitative estimate of drug-likeness (QED) is 0.212. The van der Waals surface area contributed by atoms with Crippen molar-refractivity contribution in [3.8, 4) is 0 Å². The highest BCUT2D eigenvalue weighted by atomic mass is 127. The SMILES string of the molecule is CCNC(=NCc1cc(C(=O)OC)c(C)o1)NCCCOC.I. The predicted octanol–water partition coefficient (Wildman–Crippen LogP) is 2.08. The number of methoxy groups -OCH3 is 2. The molecule has 0 aliphatic heterocycles. The number of guanidine groups is 1. The van der Waals surface area contributed by atoms with Crippen LogP contribution in [0, 0.1) is 6.92 Å². The summed E-state index contributed by atoms with van der Waals surface area (Å²) in [7, 11) is 3.03. The zero-order valence-electron chi connectivity index (χ0n) is 14.1. The summed E-state index contributed by atoms with van der Waals surface area (Å²) in [6.07, 6.45) is 0.896. The Morgan fingerprint density at radius 3 is 2.70 bits per heavy atom. The average Bonchev–Trinajstić information content (AvgIpc) is 2.89. The van der Waals surface area contributed by atoms with E-state index in [9.17, 15) is 4.79 Å². The number of rotatable bonds is 8. The number of esters is 1. The van der Waals surface area contributed by atoms with Crippen molar-refractivity contribution in [3.05, 3.63) is 23.2 Å². The normalized spacial score (nSPS) is 10.9. The molecule has 0 atom stereocenters. The fourth-order valence-electron chi connectivity index (χ4n) is 1.86. The molecule has 1 aromatic heterocycles. The second kappa shape index (κ2) is 12.2. The van der Waals surface area contributed by atoms with Crippen molar-refractivity contribution in [2.24, 2.45) is 4.99 Å². The Morgan fingerprint density at radius 1 is 1.35 bits per heavy atom. The van der Waals surface area contributed by atoms with Crippen LogP contribution < -0.4 is 10.6 Å². The van der Waals surface area contributed by atoms with Crippen LogP contribution in [0.5, 0.6) is 0 Å². The van der Waals surface area contributed by atoms with E-state index < -0.39 is 5.97 Å². The first kappa shape index (κ1) is 21.7. The Hall–Kier alpha value is -1.29. The van der Waals surface area contributed by atoms with Crippen LogP contribution >= 0.6 is 24.0 Å². The number of aliphatic imine (C=N–C) groups is 1. The molecule has 0 aromatic carbocycles. The van der Waals surface area contributed by atoms with Gasteiger partial charge in [-0.3, -0.25) is 0 Å². The van der Waals surface area contributed by atoms with E-state index in [1.807, 2.05) is 6.92 Å². The number of ether oxygens (including phenoxy) is 2. The third kappa shape index (κ3) is 7.69. The van der Waals surface area contributed by atoms with E-state index >= 15 is 0 Å². The van der Waals surface area contributed by atoms with Gasteiger partial charge in [-0.25, -0.2) is 9.79 Å². The van der Waals surface area contributed by atoms with Crippen LogP contribution in [0.25, 0.3) is 0 Å². The van der Waals surface area contributed by atoms with Gasteiger partial charge in [-0.05, 0) is 26.3 Å². The van der Waals surface area contributed by atoms with E-state index in [0.29, 0.717) is 36.2 Å². The van der Waals surface area contributed by atoms with Gasteiger partial charge in [0.05, 0.1) is 7.11 Å². The van der Waals surface area contributed by atoms with Crippen LogP contribution in [0.15, 0.2) is 15.5 Å². The van der Waals surface area contributed by atoms with Crippen molar-refractivity contribution < 1.29 is 18.7 Å². The molecule has 0 bridgehead atoms. The topological polar surface area (TPSA) is 85.1 Å². The van der Waals surface area contributed by atoms with Gasteiger partial charge in [0.1, 0.15) is 23.6 Å². The third-order valence-electron chi connectivity index (χ3n) is 2.93. The first-order valence-corrected chi connectivity index (χ1v) is 7.31. The minimum atomic E-state index is -0.402. The number of hydrogen-bond acceptors (Lipinski definition) is 5. The van der Waals surface area contributed by atoms with Crippen LogP contribution in [0.3, 0.4) is 0 Å². The summed E-state index contributed by atoms with van der Waals surface area (Å²) in [5.41, 5.74) is 0.436. The van der Waals surface area contributed by atoms with Crippen molar-refractivity contribution in [2.45, 2.75) is 26.8 Å². The van der Waals surface area contributed by atoms with Crippen molar-refractivity contribution in [1.82, 2.24) is 10.6 Å². The smallest absolute Gasteiger partial charge is 0.341 e. The Bertz CT molecular complexity index is 503. The number of aryl methyl sites for hydroxylation is 1. The van der Waals surface area contributed by atoms with Gasteiger partial charge in [-0.2, -0.15) is 0 Å². The van der Waals surface area contributed by atoms with E-state index in [2.05, 4.69) is 15.6 Å². The molecule has 0 amide bonds. The number of halogens is 1. The summed E-state index contributed by atoms with van der Waals surface area (Å²) in [6, 6.07) is 1.67. The number of carbonyl (C=O) groups excluding carboxylic acids is 1. The molecule has 23 heavy (non-hydrogen) atoms. The van der Waals surface area contributed by atoms with E-state index in [4.69, 9.17) is 13.9 Å². The summed E-state index contributed by atoms with van der Waals surface area (Å²) in [5, 5.41) is 6.36. The minimum absolute atomic E-state index is 0. The van der Waals surface area contributed by atoms with Crippen LogP contribution in [0.1, 0.15) is 35.2 Å². The van der Waals surface area contributed by atoms with E-state index in [1.54, 1.807) is 20.1 Å². The van der Waals surface area contributed by atoms with Gasteiger partial charge < -0.3 is 24.5 Å². The number of furan rings is 1. The molecule has 0 aliphatic rings. The molecule has 1 heterocycles. The lowest BCUT2D eigenvalue weighted by molar-refractivity contribution is 0.0599. The van der Waals surface area contributed by atoms with Gasteiger partial charge in [0, 0.05) is 26.8 Å². The first-order valence-electron chi connectivity index (χ1n) is 7.31. The molecule has 0 aliphatic carbocycles. The third-order valence-corrected chi connectivity index (χ3v) is 2.93. The fourth-order valence-corrected chi connectivity index (χ4v) is 1.86. The van der Waals surface area contributed by atoms with Crippen molar-refractivity contribution in [2.75, 3.05) is 33.9 Å². The van der Waals surface area contributed by atoms with E-state index in [1.165, 1.54) is 7.11 Å². The highest BCUT2D eigenvalue weighted by Crippen LogP contribution is 2.16. The Kier molecular flexibility index (Phi) is 11.5. The van der Waals surface area contributed by atoms with E-state index in [-0.39, 0.29) is 24.0 Å². The Balaban J connectivity index is 0.00000484. The van der Waals surface area contributed by atoms with Crippen LogP contribution in [0.4, 0.5) is 0 Å². The van der Waals surface area contributed by atoms with Gasteiger partial charge in [-0.1, -0.05) is 0 Å².